The van der Waals surface area contributed by atoms with Gasteiger partial charge in [0.1, 0.15) is 11.2 Å². The Morgan fingerprint density at radius 3 is 2.02 bits per heavy atom. The molecule has 0 amide bonds. The Hall–Kier alpha value is -1.50. The van der Waals surface area contributed by atoms with E-state index in [1.165, 1.54) is 64.2 Å². The van der Waals surface area contributed by atoms with Crippen LogP contribution in [0.25, 0.3) is 0 Å². The van der Waals surface area contributed by atoms with Crippen LogP contribution >= 0.6 is 0 Å². The minimum Gasteiger partial charge on any atom is -0.458 e. The van der Waals surface area contributed by atoms with Gasteiger partial charge in [-0.15, -0.1) is 0 Å². The number of carbonyl (C=O) groups excluding carboxylic acids is 2. The van der Waals surface area contributed by atoms with Crippen LogP contribution in [0.3, 0.4) is 0 Å². The molecule has 4 aliphatic rings. The Labute approximate surface area is 254 Å². The van der Waals surface area contributed by atoms with E-state index >= 15 is 0 Å². The number of Topliss-reactive ketones (excluding diaryl/α,β-unsaturated/α-hetero) is 1. The van der Waals surface area contributed by atoms with Crippen LogP contribution in [0.15, 0.2) is 23.3 Å². The van der Waals surface area contributed by atoms with E-state index in [1.54, 1.807) is 13.0 Å². The summed E-state index contributed by atoms with van der Waals surface area (Å²) in [6.07, 6.45) is 20.9. The summed E-state index contributed by atoms with van der Waals surface area (Å²) in [6.45, 7) is 9.80. The van der Waals surface area contributed by atoms with Gasteiger partial charge in [-0.05, 0) is 36.8 Å². The highest BCUT2D eigenvalue weighted by Gasteiger charge is 2.83. The first-order valence-corrected chi connectivity index (χ1v) is 17.1. The number of ether oxygens (including phenoxy) is 1. The molecule has 4 rings (SSSR count). The van der Waals surface area contributed by atoms with Gasteiger partial charge in [-0.2, -0.15) is 0 Å². The van der Waals surface area contributed by atoms with Crippen molar-refractivity contribution >= 4 is 11.8 Å². The van der Waals surface area contributed by atoms with Gasteiger partial charge in [-0.3, -0.25) is 9.59 Å². The summed E-state index contributed by atoms with van der Waals surface area (Å²) in [5.41, 5.74) is -3.20. The molecule has 3 N–H and O–H groups in total. The third-order valence-corrected chi connectivity index (χ3v) is 11.7. The van der Waals surface area contributed by atoms with Gasteiger partial charge in [0.2, 0.25) is 0 Å². The lowest BCUT2D eigenvalue weighted by atomic mass is 9.60. The van der Waals surface area contributed by atoms with Gasteiger partial charge in [0.25, 0.3) is 0 Å². The molecule has 6 nitrogen and oxygen atoms in total. The zero-order chi connectivity index (χ0) is 30.8. The highest BCUT2D eigenvalue weighted by molar-refractivity contribution is 6.04. The standard InChI is InChI=1S/C36H58O6/c1-6-7-8-9-10-11-12-13-14-15-16-17-18-19-30(38)42-35-22-26(3)36(41)28(31(35)33(35,4)5)21-27(24-37)23-34(40)29(36)20-25(2)32(34)39/h20-21,26,28-29,31,37,40-41H,6-19,22-24H2,1-5H3/t26-,28+,29?,31+,34-,35+,36-/m1/s1. The number of ketones is 1. The molecule has 0 spiro atoms. The van der Waals surface area contributed by atoms with Crippen molar-refractivity contribution < 1.29 is 29.6 Å². The number of esters is 1. The largest absolute Gasteiger partial charge is 0.458 e. The second kappa shape index (κ2) is 13.2. The molecule has 0 bridgehead atoms. The minimum atomic E-state index is -1.76. The van der Waals surface area contributed by atoms with Crippen molar-refractivity contribution in [3.8, 4) is 0 Å². The third-order valence-electron chi connectivity index (χ3n) is 11.7. The molecule has 0 aromatic carbocycles. The molecule has 2 saturated carbocycles. The predicted molar refractivity (Wildman–Crippen MR) is 166 cm³/mol. The van der Waals surface area contributed by atoms with Crippen LogP contribution in [-0.2, 0) is 14.3 Å². The van der Waals surface area contributed by atoms with Crippen LogP contribution in [0.2, 0.25) is 0 Å². The number of rotatable bonds is 16. The number of hydrogen-bond donors (Lipinski definition) is 3. The molecule has 2 fully saturated rings. The fourth-order valence-electron chi connectivity index (χ4n) is 9.14. The third kappa shape index (κ3) is 5.94. The first-order valence-electron chi connectivity index (χ1n) is 17.1. The summed E-state index contributed by atoms with van der Waals surface area (Å²) in [5, 5.41) is 34.2. The Bertz CT molecular complexity index is 1040. The molecule has 6 heteroatoms. The molecule has 0 heterocycles. The van der Waals surface area contributed by atoms with E-state index in [-0.39, 0.29) is 42.0 Å². The summed E-state index contributed by atoms with van der Waals surface area (Å²) >= 11 is 0. The van der Waals surface area contributed by atoms with Crippen LogP contribution < -0.4 is 0 Å². The number of fused-ring (bicyclic) bond motifs is 5. The summed E-state index contributed by atoms with van der Waals surface area (Å²) in [4.78, 5) is 26.2. The molecule has 4 aliphatic carbocycles. The molecule has 238 valence electrons. The Morgan fingerprint density at radius 2 is 1.48 bits per heavy atom. The van der Waals surface area contributed by atoms with Crippen molar-refractivity contribution in [2.45, 2.75) is 154 Å². The van der Waals surface area contributed by atoms with Crippen molar-refractivity contribution in [3.05, 3.63) is 23.3 Å². The van der Waals surface area contributed by atoms with E-state index in [1.807, 2.05) is 13.0 Å². The molecule has 1 unspecified atom stereocenters. The van der Waals surface area contributed by atoms with Gasteiger partial charge >= 0.3 is 5.97 Å². The maximum Gasteiger partial charge on any atom is 0.306 e. The van der Waals surface area contributed by atoms with Gasteiger partial charge in [0.15, 0.2) is 5.78 Å². The number of aliphatic hydroxyl groups is 3. The number of carbonyl (C=O) groups is 2. The molecule has 0 radical (unpaired) electrons. The van der Waals surface area contributed by atoms with E-state index in [2.05, 4.69) is 20.8 Å². The Kier molecular flexibility index (Phi) is 10.5. The van der Waals surface area contributed by atoms with Crippen LogP contribution in [0.5, 0.6) is 0 Å². The molecule has 0 aliphatic heterocycles. The average Bonchev–Trinajstić information content (AvgIpc) is 3.34. The maximum atomic E-state index is 13.2. The van der Waals surface area contributed by atoms with Crippen molar-refractivity contribution in [2.75, 3.05) is 6.61 Å². The van der Waals surface area contributed by atoms with E-state index in [0.29, 0.717) is 24.0 Å². The first kappa shape index (κ1) is 33.4. The highest BCUT2D eigenvalue weighted by Crippen LogP contribution is 2.76. The number of aliphatic hydroxyl groups excluding tert-OH is 1. The lowest BCUT2D eigenvalue weighted by Crippen LogP contribution is -2.61. The Morgan fingerprint density at radius 1 is 0.929 bits per heavy atom. The molecular weight excluding hydrogens is 528 g/mol. The maximum absolute atomic E-state index is 13.2. The topological polar surface area (TPSA) is 104 Å². The number of hydrogen-bond acceptors (Lipinski definition) is 6. The van der Waals surface area contributed by atoms with E-state index in [4.69, 9.17) is 4.74 Å². The fraction of sp³-hybridized carbons (Fsp3) is 0.833. The molecule has 0 aromatic heterocycles. The predicted octanol–water partition coefficient (Wildman–Crippen LogP) is 6.99. The summed E-state index contributed by atoms with van der Waals surface area (Å²) in [6, 6.07) is 0. The van der Waals surface area contributed by atoms with Crippen LogP contribution in [0.1, 0.15) is 137 Å². The second-order valence-corrected chi connectivity index (χ2v) is 14.8. The zero-order valence-corrected chi connectivity index (χ0v) is 27.1. The molecule has 0 saturated heterocycles. The normalized spacial score (nSPS) is 36.3. The summed E-state index contributed by atoms with van der Waals surface area (Å²) in [5.74, 6) is -2.25. The van der Waals surface area contributed by atoms with Gasteiger partial charge in [0, 0.05) is 36.0 Å². The average molecular weight is 587 g/mol. The van der Waals surface area contributed by atoms with E-state index < -0.39 is 28.6 Å². The summed E-state index contributed by atoms with van der Waals surface area (Å²) < 4.78 is 6.34. The fourth-order valence-corrected chi connectivity index (χ4v) is 9.14. The minimum absolute atomic E-state index is 0.00531. The monoisotopic (exact) mass is 586 g/mol. The SMILES string of the molecule is CCCCCCCCCCCCCCCC(=O)O[C@@]12C[C@@H](C)[C@]3(O)C4C=C(C)C(=O)[C@@]4(O)CC(CO)=C[C@H]3[C@H]1C2(C)C. The molecular formula is C36H58O6. The van der Waals surface area contributed by atoms with Gasteiger partial charge in [-0.25, -0.2) is 0 Å². The molecule has 0 aromatic rings. The summed E-state index contributed by atoms with van der Waals surface area (Å²) in [7, 11) is 0. The highest BCUT2D eigenvalue weighted by atomic mass is 16.6. The van der Waals surface area contributed by atoms with Crippen molar-refractivity contribution in [1.82, 2.24) is 0 Å². The van der Waals surface area contributed by atoms with Crippen molar-refractivity contribution in [1.29, 1.82) is 0 Å². The lowest BCUT2D eigenvalue weighted by molar-refractivity contribution is -0.187. The van der Waals surface area contributed by atoms with Gasteiger partial charge in [0.05, 0.1) is 12.2 Å². The van der Waals surface area contributed by atoms with Gasteiger partial charge < -0.3 is 20.1 Å². The van der Waals surface area contributed by atoms with Crippen molar-refractivity contribution in [2.24, 2.45) is 29.1 Å². The smallest absolute Gasteiger partial charge is 0.306 e. The first-order chi connectivity index (χ1) is 19.9. The lowest BCUT2D eigenvalue weighted by Gasteiger charge is -2.50. The van der Waals surface area contributed by atoms with Crippen LogP contribution in [0, 0.1) is 29.1 Å². The van der Waals surface area contributed by atoms with Gasteiger partial charge in [-0.1, -0.05) is 117 Å². The number of unbranched alkanes of at least 4 members (excludes halogenated alkanes) is 12. The van der Waals surface area contributed by atoms with E-state index in [9.17, 15) is 24.9 Å². The Balaban J connectivity index is 1.30. The van der Waals surface area contributed by atoms with Crippen molar-refractivity contribution in [3.63, 3.8) is 0 Å². The quantitative estimate of drug-likeness (QED) is 0.102. The van der Waals surface area contributed by atoms with E-state index in [0.717, 1.165) is 19.3 Å². The van der Waals surface area contributed by atoms with Crippen LogP contribution in [-0.4, -0.2) is 50.5 Å². The molecule has 7 atom stereocenters. The van der Waals surface area contributed by atoms with Crippen LogP contribution in [0.4, 0.5) is 0 Å². The molecule has 42 heavy (non-hydrogen) atoms. The zero-order valence-electron chi connectivity index (χ0n) is 27.1. The second-order valence-electron chi connectivity index (χ2n) is 14.8.